The van der Waals surface area contributed by atoms with E-state index >= 15 is 0 Å². The Morgan fingerprint density at radius 1 is 1.07 bits per heavy atom. The molecule has 0 saturated heterocycles. The number of benzene rings is 1. The zero-order valence-electron chi connectivity index (χ0n) is 15.7. The molecule has 1 aliphatic heterocycles. The lowest BCUT2D eigenvalue weighted by molar-refractivity contribution is -0.118. The molecule has 7 heteroatoms. The van der Waals surface area contributed by atoms with Crippen molar-refractivity contribution in [1.29, 1.82) is 0 Å². The lowest BCUT2D eigenvalue weighted by Gasteiger charge is -2.30. The SMILES string of the molecule is Cc1cc(C)nc(-n2nc(C)c3c2N(C)C(=O)C[C@@H]3c2ccc(Br)cc2)n1. The summed E-state index contributed by atoms with van der Waals surface area (Å²) >= 11 is 3.48. The molecule has 1 atom stereocenters. The Labute approximate surface area is 166 Å². The fourth-order valence-electron chi connectivity index (χ4n) is 3.71. The van der Waals surface area contributed by atoms with Gasteiger partial charge in [0.2, 0.25) is 5.91 Å². The molecule has 0 spiro atoms. The van der Waals surface area contributed by atoms with E-state index in [9.17, 15) is 4.79 Å². The fraction of sp³-hybridized carbons (Fsp3) is 0.300. The van der Waals surface area contributed by atoms with Crippen LogP contribution in [0.3, 0.4) is 0 Å². The number of nitrogens with zero attached hydrogens (tertiary/aromatic N) is 5. The molecule has 3 aromatic rings. The van der Waals surface area contributed by atoms with Crippen LogP contribution < -0.4 is 4.90 Å². The van der Waals surface area contributed by atoms with Crippen molar-refractivity contribution in [2.75, 3.05) is 11.9 Å². The molecular formula is C20H20BrN5O. The van der Waals surface area contributed by atoms with Crippen molar-refractivity contribution < 1.29 is 4.79 Å². The Bertz CT molecular complexity index is 1020. The molecule has 3 heterocycles. The van der Waals surface area contributed by atoms with Gasteiger partial charge in [-0.05, 0) is 44.5 Å². The summed E-state index contributed by atoms with van der Waals surface area (Å²) in [6, 6.07) is 10.0. The molecule has 4 rings (SSSR count). The number of carbonyl (C=O) groups is 1. The molecule has 0 unspecified atom stereocenters. The van der Waals surface area contributed by atoms with Crippen LogP contribution in [0.25, 0.3) is 5.95 Å². The van der Waals surface area contributed by atoms with E-state index in [1.807, 2.05) is 39.0 Å². The maximum absolute atomic E-state index is 12.8. The molecule has 1 amide bonds. The molecule has 0 N–H and O–H groups in total. The van der Waals surface area contributed by atoms with E-state index < -0.39 is 0 Å². The fourth-order valence-corrected chi connectivity index (χ4v) is 3.98. The quantitative estimate of drug-likeness (QED) is 0.625. The van der Waals surface area contributed by atoms with Crippen molar-refractivity contribution in [3.05, 3.63) is 63.0 Å². The lowest BCUT2D eigenvalue weighted by Crippen LogP contribution is -2.35. The second kappa shape index (κ2) is 6.56. The number of aromatic nitrogens is 4. The van der Waals surface area contributed by atoms with Crippen molar-refractivity contribution in [3.63, 3.8) is 0 Å². The molecule has 138 valence electrons. The van der Waals surface area contributed by atoms with Crippen LogP contribution in [0.2, 0.25) is 0 Å². The highest BCUT2D eigenvalue weighted by Crippen LogP contribution is 2.42. The summed E-state index contributed by atoms with van der Waals surface area (Å²) in [6.45, 7) is 5.84. The van der Waals surface area contributed by atoms with Crippen LogP contribution >= 0.6 is 15.9 Å². The highest BCUT2D eigenvalue weighted by molar-refractivity contribution is 9.10. The maximum Gasteiger partial charge on any atom is 0.252 e. The van der Waals surface area contributed by atoms with Crippen LogP contribution in [0.5, 0.6) is 0 Å². The first-order chi connectivity index (χ1) is 12.8. The van der Waals surface area contributed by atoms with Gasteiger partial charge in [-0.15, -0.1) is 0 Å². The summed E-state index contributed by atoms with van der Waals surface area (Å²) in [5.41, 5.74) is 4.79. The molecule has 2 aromatic heterocycles. The van der Waals surface area contributed by atoms with Gasteiger partial charge in [0, 0.05) is 40.8 Å². The minimum Gasteiger partial charge on any atom is -0.299 e. The predicted molar refractivity (Wildman–Crippen MR) is 107 cm³/mol. The number of anilines is 1. The third-order valence-corrected chi connectivity index (χ3v) is 5.46. The van der Waals surface area contributed by atoms with Gasteiger partial charge in [-0.25, -0.2) is 9.97 Å². The summed E-state index contributed by atoms with van der Waals surface area (Å²) in [6.07, 6.45) is 0.422. The Kier molecular flexibility index (Phi) is 4.34. The van der Waals surface area contributed by atoms with E-state index in [0.29, 0.717) is 12.4 Å². The second-order valence-corrected chi connectivity index (χ2v) is 7.86. The van der Waals surface area contributed by atoms with E-state index in [0.717, 1.165) is 38.5 Å². The number of halogens is 1. The number of amides is 1. The van der Waals surface area contributed by atoms with Gasteiger partial charge in [-0.2, -0.15) is 9.78 Å². The summed E-state index contributed by atoms with van der Waals surface area (Å²) < 4.78 is 2.72. The second-order valence-electron chi connectivity index (χ2n) is 6.95. The van der Waals surface area contributed by atoms with E-state index in [1.54, 1.807) is 16.6 Å². The molecule has 0 aliphatic carbocycles. The minimum atomic E-state index is -0.0311. The summed E-state index contributed by atoms with van der Waals surface area (Å²) in [7, 11) is 1.79. The predicted octanol–water partition coefficient (Wildman–Crippen LogP) is 3.85. The Hall–Kier alpha value is -2.54. The van der Waals surface area contributed by atoms with Crippen LogP contribution in [-0.2, 0) is 4.79 Å². The maximum atomic E-state index is 12.8. The zero-order valence-corrected chi connectivity index (χ0v) is 17.3. The summed E-state index contributed by atoms with van der Waals surface area (Å²) in [5, 5.41) is 4.71. The van der Waals surface area contributed by atoms with Crippen LogP contribution in [0.15, 0.2) is 34.8 Å². The van der Waals surface area contributed by atoms with Crippen LogP contribution in [0.1, 0.15) is 40.5 Å². The van der Waals surface area contributed by atoms with Gasteiger partial charge in [-0.1, -0.05) is 28.1 Å². The Balaban J connectivity index is 1.93. The van der Waals surface area contributed by atoms with Gasteiger partial charge >= 0.3 is 0 Å². The molecular weight excluding hydrogens is 406 g/mol. The molecule has 1 aliphatic rings. The zero-order chi connectivity index (χ0) is 19.3. The highest BCUT2D eigenvalue weighted by atomic mass is 79.9. The van der Waals surface area contributed by atoms with Gasteiger partial charge in [0.25, 0.3) is 5.95 Å². The van der Waals surface area contributed by atoms with Crippen LogP contribution in [0.4, 0.5) is 5.82 Å². The van der Waals surface area contributed by atoms with Crippen molar-refractivity contribution in [2.24, 2.45) is 0 Å². The molecule has 6 nitrogen and oxygen atoms in total. The number of rotatable bonds is 2. The first-order valence-corrected chi connectivity index (χ1v) is 9.58. The van der Waals surface area contributed by atoms with E-state index in [1.165, 1.54) is 0 Å². The third kappa shape index (κ3) is 3.06. The van der Waals surface area contributed by atoms with Gasteiger partial charge < -0.3 is 0 Å². The number of aryl methyl sites for hydroxylation is 3. The van der Waals surface area contributed by atoms with Gasteiger partial charge in [0.15, 0.2) is 0 Å². The van der Waals surface area contributed by atoms with Crippen molar-refractivity contribution in [3.8, 4) is 5.95 Å². The minimum absolute atomic E-state index is 0.0311. The van der Waals surface area contributed by atoms with Crippen LogP contribution in [0, 0.1) is 20.8 Å². The molecule has 0 radical (unpaired) electrons. The van der Waals surface area contributed by atoms with E-state index in [2.05, 4.69) is 38.0 Å². The Morgan fingerprint density at radius 3 is 2.33 bits per heavy atom. The normalized spacial score (nSPS) is 16.6. The number of hydrogen-bond donors (Lipinski definition) is 0. The van der Waals surface area contributed by atoms with Gasteiger partial charge in [0.05, 0.1) is 5.69 Å². The largest absolute Gasteiger partial charge is 0.299 e. The first kappa shape index (κ1) is 17.9. The Morgan fingerprint density at radius 2 is 1.70 bits per heavy atom. The van der Waals surface area contributed by atoms with Gasteiger partial charge in [0.1, 0.15) is 5.82 Å². The van der Waals surface area contributed by atoms with Gasteiger partial charge in [-0.3, -0.25) is 9.69 Å². The highest BCUT2D eigenvalue weighted by Gasteiger charge is 2.36. The smallest absolute Gasteiger partial charge is 0.252 e. The average molecular weight is 426 g/mol. The topological polar surface area (TPSA) is 63.9 Å². The number of carbonyl (C=O) groups excluding carboxylic acids is 1. The average Bonchev–Trinajstić information content (AvgIpc) is 2.96. The van der Waals surface area contributed by atoms with Crippen LogP contribution in [-0.4, -0.2) is 32.7 Å². The third-order valence-electron chi connectivity index (χ3n) is 4.93. The van der Waals surface area contributed by atoms with Crippen molar-refractivity contribution in [1.82, 2.24) is 19.7 Å². The monoisotopic (exact) mass is 425 g/mol. The van der Waals surface area contributed by atoms with E-state index in [-0.39, 0.29) is 11.8 Å². The summed E-state index contributed by atoms with van der Waals surface area (Å²) in [5.74, 6) is 1.27. The van der Waals surface area contributed by atoms with E-state index in [4.69, 9.17) is 5.10 Å². The molecule has 1 aromatic carbocycles. The molecule has 27 heavy (non-hydrogen) atoms. The summed E-state index contributed by atoms with van der Waals surface area (Å²) in [4.78, 5) is 23.5. The lowest BCUT2D eigenvalue weighted by atomic mass is 9.85. The number of fused-ring (bicyclic) bond motifs is 1. The van der Waals surface area contributed by atoms with Crippen molar-refractivity contribution >= 4 is 27.7 Å². The number of hydrogen-bond acceptors (Lipinski definition) is 4. The first-order valence-electron chi connectivity index (χ1n) is 8.79. The van der Waals surface area contributed by atoms with Crippen molar-refractivity contribution in [2.45, 2.75) is 33.1 Å². The molecule has 0 bridgehead atoms. The molecule has 0 fully saturated rings. The molecule has 0 saturated carbocycles. The standard InChI is InChI=1S/C20H20BrN5O/c1-11-9-12(2)23-20(22-11)26-19-18(13(3)24-26)16(10-17(27)25(19)4)14-5-7-15(21)8-6-14/h5-9,16H,10H2,1-4H3/t16-/m1/s1.